The normalized spacial score (nSPS) is 11.5. The van der Waals surface area contributed by atoms with Crippen LogP contribution < -0.4 is 10.5 Å². The molecule has 9 heteroatoms. The van der Waals surface area contributed by atoms with Crippen LogP contribution in [-0.4, -0.2) is 27.9 Å². The highest BCUT2D eigenvalue weighted by atomic mass is 32.2. The summed E-state index contributed by atoms with van der Waals surface area (Å²) in [6.45, 7) is 0. The average molecular weight is 443 g/mol. The van der Waals surface area contributed by atoms with Crippen molar-refractivity contribution in [1.29, 1.82) is 0 Å². The molecule has 5 aromatic rings. The van der Waals surface area contributed by atoms with Crippen LogP contribution in [0.15, 0.2) is 96.3 Å². The number of primary sulfonamides is 1. The van der Waals surface area contributed by atoms with Gasteiger partial charge in [-0.15, -0.1) is 0 Å². The average Bonchev–Trinajstić information content (AvgIpc) is 3.19. The Hall–Kier alpha value is -4.08. The van der Waals surface area contributed by atoms with Crippen LogP contribution in [0.25, 0.3) is 28.2 Å². The van der Waals surface area contributed by atoms with Crippen molar-refractivity contribution in [2.45, 2.75) is 4.90 Å². The molecule has 0 aliphatic heterocycles. The summed E-state index contributed by atoms with van der Waals surface area (Å²) < 4.78 is 25.1. The van der Waals surface area contributed by atoms with Crippen molar-refractivity contribution in [2.24, 2.45) is 5.14 Å². The van der Waals surface area contributed by atoms with Crippen molar-refractivity contribution in [3.8, 4) is 17.1 Å². The van der Waals surface area contributed by atoms with Crippen LogP contribution in [0.3, 0.4) is 0 Å². The number of aromatic nitrogens is 4. The van der Waals surface area contributed by atoms with Gasteiger partial charge in [0.2, 0.25) is 10.0 Å². The fourth-order valence-electron chi connectivity index (χ4n) is 3.45. The number of nitrogens with two attached hydrogens (primary N) is 1. The number of imidazole rings is 1. The summed E-state index contributed by atoms with van der Waals surface area (Å²) in [5.74, 6) is 0.616. The molecule has 3 aromatic carbocycles. The van der Waals surface area contributed by atoms with Crippen molar-refractivity contribution < 1.29 is 8.42 Å². The third-order valence-electron chi connectivity index (χ3n) is 4.95. The van der Waals surface area contributed by atoms with Gasteiger partial charge < -0.3 is 5.32 Å². The van der Waals surface area contributed by atoms with Gasteiger partial charge in [0, 0.05) is 22.6 Å². The molecule has 0 fully saturated rings. The van der Waals surface area contributed by atoms with Gasteiger partial charge in [0.15, 0.2) is 5.65 Å². The minimum Gasteiger partial charge on any atom is -0.356 e. The van der Waals surface area contributed by atoms with Gasteiger partial charge in [-0.05, 0) is 60.7 Å². The molecule has 0 aliphatic rings. The number of hydrogen-bond acceptors (Lipinski definition) is 6. The Bertz CT molecular complexity index is 1500. The van der Waals surface area contributed by atoms with E-state index in [2.05, 4.69) is 20.3 Å². The zero-order valence-electron chi connectivity index (χ0n) is 16.8. The minimum absolute atomic E-state index is 0.0417. The summed E-state index contributed by atoms with van der Waals surface area (Å²) in [6, 6.07) is 24.1. The summed E-state index contributed by atoms with van der Waals surface area (Å²) in [6.07, 6.45) is 3.12. The monoisotopic (exact) mass is 442 g/mol. The van der Waals surface area contributed by atoms with Gasteiger partial charge in [0.1, 0.15) is 17.7 Å². The number of nitrogens with one attached hydrogen (secondary N) is 1. The first-order valence-corrected chi connectivity index (χ1v) is 11.3. The second-order valence-electron chi connectivity index (χ2n) is 7.11. The smallest absolute Gasteiger partial charge is 0.238 e. The van der Waals surface area contributed by atoms with Crippen LogP contribution >= 0.6 is 0 Å². The Balaban J connectivity index is 1.58. The fraction of sp³-hybridized carbons (Fsp3) is 0. The van der Waals surface area contributed by atoms with Crippen LogP contribution in [0.1, 0.15) is 0 Å². The van der Waals surface area contributed by atoms with Crippen LogP contribution in [0.4, 0.5) is 11.4 Å². The van der Waals surface area contributed by atoms with Crippen LogP contribution in [0, 0.1) is 0 Å². The third kappa shape index (κ3) is 3.82. The van der Waals surface area contributed by atoms with Crippen LogP contribution in [0.5, 0.6) is 0 Å². The molecular formula is C23H18N6O2S. The van der Waals surface area contributed by atoms with Gasteiger partial charge in [-0.25, -0.2) is 28.5 Å². The zero-order valence-corrected chi connectivity index (χ0v) is 17.6. The van der Waals surface area contributed by atoms with Gasteiger partial charge in [-0.1, -0.05) is 18.2 Å². The van der Waals surface area contributed by atoms with E-state index in [1.165, 1.54) is 18.5 Å². The standard InChI is InChI=1S/C23H18N6O2S/c24-32(30,31)20-12-6-16(7-13-20)22-28-21-14-25-15-26-23(21)29(22)19-10-8-18(9-11-19)27-17-4-2-1-3-5-17/h1-15,27H,(H2,24,30,31). The first-order chi connectivity index (χ1) is 15.5. The molecule has 0 unspecified atom stereocenters. The van der Waals surface area contributed by atoms with Crippen LogP contribution in [0.2, 0.25) is 0 Å². The number of benzene rings is 3. The molecule has 0 radical (unpaired) electrons. The molecule has 0 aliphatic carbocycles. The number of sulfonamides is 1. The highest BCUT2D eigenvalue weighted by molar-refractivity contribution is 7.89. The lowest BCUT2D eigenvalue weighted by atomic mass is 10.2. The van der Waals surface area contributed by atoms with Gasteiger partial charge in [-0.3, -0.25) is 4.57 Å². The van der Waals surface area contributed by atoms with Gasteiger partial charge in [0.25, 0.3) is 0 Å². The minimum atomic E-state index is -3.78. The molecule has 0 saturated carbocycles. The van der Waals surface area contributed by atoms with Gasteiger partial charge in [-0.2, -0.15) is 0 Å². The summed E-state index contributed by atoms with van der Waals surface area (Å²) in [5, 5.41) is 8.59. The predicted octanol–water partition coefficient (Wildman–Crippen LogP) is 3.87. The molecule has 3 N–H and O–H groups in total. The number of fused-ring (bicyclic) bond motifs is 1. The number of para-hydroxylation sites is 1. The first-order valence-electron chi connectivity index (χ1n) is 9.73. The SMILES string of the molecule is NS(=O)(=O)c1ccc(-c2nc3cncnc3n2-c2ccc(Nc3ccccc3)cc2)cc1. The maximum Gasteiger partial charge on any atom is 0.238 e. The Kier molecular flexibility index (Phi) is 4.89. The maximum atomic E-state index is 11.6. The molecule has 32 heavy (non-hydrogen) atoms. The van der Waals surface area contributed by atoms with E-state index in [9.17, 15) is 8.42 Å². The Labute approximate surface area is 184 Å². The fourth-order valence-corrected chi connectivity index (χ4v) is 3.96. The number of rotatable bonds is 5. The molecule has 5 rings (SSSR count). The van der Waals surface area contributed by atoms with Crippen molar-refractivity contribution in [1.82, 2.24) is 19.5 Å². The highest BCUT2D eigenvalue weighted by Crippen LogP contribution is 2.29. The lowest BCUT2D eigenvalue weighted by molar-refractivity contribution is 0.598. The van der Waals surface area contributed by atoms with E-state index in [-0.39, 0.29) is 4.90 Å². The van der Waals surface area contributed by atoms with Crippen molar-refractivity contribution in [3.63, 3.8) is 0 Å². The first kappa shape index (κ1) is 19.9. The summed E-state index contributed by atoms with van der Waals surface area (Å²) in [5.41, 5.74) is 4.80. The quantitative estimate of drug-likeness (QED) is 0.427. The van der Waals surface area contributed by atoms with E-state index in [4.69, 9.17) is 5.14 Å². The molecule has 2 heterocycles. The molecular weight excluding hydrogens is 424 g/mol. The number of nitrogens with zero attached hydrogens (tertiary/aromatic N) is 4. The van der Waals surface area contributed by atoms with Crippen LogP contribution in [-0.2, 0) is 10.0 Å². The Morgan fingerprint density at radius 2 is 1.53 bits per heavy atom. The summed E-state index contributed by atoms with van der Waals surface area (Å²) >= 11 is 0. The molecule has 0 bridgehead atoms. The number of anilines is 2. The van der Waals surface area contributed by atoms with Crippen molar-refractivity contribution in [2.75, 3.05) is 5.32 Å². The second-order valence-corrected chi connectivity index (χ2v) is 8.67. The molecule has 2 aromatic heterocycles. The van der Waals surface area contributed by atoms with Gasteiger partial charge >= 0.3 is 0 Å². The van der Waals surface area contributed by atoms with Crippen molar-refractivity contribution in [3.05, 3.63) is 91.4 Å². The molecule has 158 valence electrons. The van der Waals surface area contributed by atoms with Crippen molar-refractivity contribution >= 4 is 32.6 Å². The number of hydrogen-bond donors (Lipinski definition) is 2. The molecule has 0 spiro atoms. The lowest BCUT2D eigenvalue weighted by Crippen LogP contribution is -2.11. The van der Waals surface area contributed by atoms with E-state index in [0.29, 0.717) is 17.0 Å². The van der Waals surface area contributed by atoms with Gasteiger partial charge in [0.05, 0.1) is 11.1 Å². The maximum absolute atomic E-state index is 11.6. The third-order valence-corrected chi connectivity index (χ3v) is 5.88. The largest absolute Gasteiger partial charge is 0.356 e. The van der Waals surface area contributed by atoms with E-state index in [1.807, 2.05) is 59.2 Å². The van der Waals surface area contributed by atoms with E-state index in [0.717, 1.165) is 22.6 Å². The summed E-state index contributed by atoms with van der Waals surface area (Å²) in [4.78, 5) is 13.2. The molecule has 0 amide bonds. The molecule has 0 atom stereocenters. The topological polar surface area (TPSA) is 116 Å². The molecule has 8 nitrogen and oxygen atoms in total. The second kappa shape index (κ2) is 7.88. The van der Waals surface area contributed by atoms with E-state index < -0.39 is 10.0 Å². The van der Waals surface area contributed by atoms with E-state index >= 15 is 0 Å². The highest BCUT2D eigenvalue weighted by Gasteiger charge is 2.16. The predicted molar refractivity (Wildman–Crippen MR) is 123 cm³/mol. The van der Waals surface area contributed by atoms with E-state index in [1.54, 1.807) is 18.3 Å². The Morgan fingerprint density at radius 1 is 0.844 bits per heavy atom. The summed E-state index contributed by atoms with van der Waals surface area (Å²) in [7, 11) is -3.78. The Morgan fingerprint density at radius 3 is 2.22 bits per heavy atom. The zero-order chi connectivity index (χ0) is 22.1. The lowest BCUT2D eigenvalue weighted by Gasteiger charge is -2.11. The molecule has 0 saturated heterocycles.